The molecule has 0 aromatic carbocycles. The van der Waals surface area contributed by atoms with Crippen molar-refractivity contribution in [2.45, 2.75) is 91.3 Å². The molecule has 4 atom stereocenters. The Hall–Kier alpha value is -0.0800. The van der Waals surface area contributed by atoms with Crippen molar-refractivity contribution < 1.29 is 9.47 Å². The fourth-order valence-electron chi connectivity index (χ4n) is 4.75. The summed E-state index contributed by atoms with van der Waals surface area (Å²) in [6.07, 6.45) is 11.6. The van der Waals surface area contributed by atoms with Gasteiger partial charge in [0.2, 0.25) is 0 Å². The zero-order valence-corrected chi connectivity index (χ0v) is 14.7. The van der Waals surface area contributed by atoms with Gasteiger partial charge >= 0.3 is 0 Å². The molecular formula is C19H36O2. The van der Waals surface area contributed by atoms with Crippen molar-refractivity contribution in [3.05, 3.63) is 0 Å². The predicted octanol–water partition coefficient (Wildman–Crippen LogP) is 5.20. The van der Waals surface area contributed by atoms with Crippen LogP contribution in [0.1, 0.15) is 79.1 Å². The summed E-state index contributed by atoms with van der Waals surface area (Å²) in [5.74, 6) is 1.65. The van der Waals surface area contributed by atoms with Gasteiger partial charge in [-0.25, -0.2) is 0 Å². The van der Waals surface area contributed by atoms with E-state index in [2.05, 4.69) is 27.7 Å². The normalized spacial score (nSPS) is 34.9. The Morgan fingerprint density at radius 3 is 1.57 bits per heavy atom. The Bertz CT molecular complexity index is 268. The minimum Gasteiger partial charge on any atom is -0.378 e. The summed E-state index contributed by atoms with van der Waals surface area (Å²) in [5.41, 5.74) is 0.436. The van der Waals surface area contributed by atoms with Crippen LogP contribution in [0.3, 0.4) is 0 Å². The van der Waals surface area contributed by atoms with Gasteiger partial charge in [-0.1, -0.05) is 26.7 Å². The molecule has 0 N–H and O–H groups in total. The fraction of sp³-hybridized carbons (Fsp3) is 1.00. The summed E-state index contributed by atoms with van der Waals surface area (Å²) in [4.78, 5) is 0. The summed E-state index contributed by atoms with van der Waals surface area (Å²) >= 11 is 0. The smallest absolute Gasteiger partial charge is 0.0577 e. The molecule has 0 amide bonds. The van der Waals surface area contributed by atoms with E-state index in [0.29, 0.717) is 17.6 Å². The van der Waals surface area contributed by atoms with Gasteiger partial charge < -0.3 is 9.47 Å². The van der Waals surface area contributed by atoms with Gasteiger partial charge in [0, 0.05) is 13.2 Å². The minimum atomic E-state index is 0.436. The predicted molar refractivity (Wildman–Crippen MR) is 88.5 cm³/mol. The quantitative estimate of drug-likeness (QED) is 0.670. The number of ether oxygens (including phenoxy) is 2. The summed E-state index contributed by atoms with van der Waals surface area (Å²) in [6, 6.07) is 0. The fourth-order valence-corrected chi connectivity index (χ4v) is 4.75. The largest absolute Gasteiger partial charge is 0.378 e. The highest BCUT2D eigenvalue weighted by molar-refractivity contribution is 4.91. The molecule has 0 bridgehead atoms. The van der Waals surface area contributed by atoms with Crippen LogP contribution in [0, 0.1) is 17.3 Å². The number of hydrogen-bond acceptors (Lipinski definition) is 2. The molecule has 2 nitrogen and oxygen atoms in total. The maximum atomic E-state index is 5.93. The average molecular weight is 296 g/mol. The van der Waals surface area contributed by atoms with Crippen LogP contribution in [-0.2, 0) is 9.47 Å². The second kappa shape index (κ2) is 7.97. The average Bonchev–Trinajstić information content (AvgIpc) is 2.48. The van der Waals surface area contributed by atoms with Crippen molar-refractivity contribution in [2.24, 2.45) is 17.3 Å². The second-order valence-electron chi connectivity index (χ2n) is 7.70. The van der Waals surface area contributed by atoms with Crippen LogP contribution in [0.25, 0.3) is 0 Å². The van der Waals surface area contributed by atoms with Crippen LogP contribution in [0.4, 0.5) is 0 Å². The summed E-state index contributed by atoms with van der Waals surface area (Å²) in [6.45, 7) is 11.0. The van der Waals surface area contributed by atoms with E-state index in [9.17, 15) is 0 Å². The summed E-state index contributed by atoms with van der Waals surface area (Å²) in [5, 5.41) is 0. The van der Waals surface area contributed by atoms with E-state index in [4.69, 9.17) is 9.47 Å². The van der Waals surface area contributed by atoms with E-state index in [-0.39, 0.29) is 0 Å². The van der Waals surface area contributed by atoms with Crippen molar-refractivity contribution in [2.75, 3.05) is 13.2 Å². The van der Waals surface area contributed by atoms with Gasteiger partial charge in [0.1, 0.15) is 0 Å². The van der Waals surface area contributed by atoms with Gasteiger partial charge in [-0.05, 0) is 69.6 Å². The molecule has 2 heteroatoms. The highest BCUT2D eigenvalue weighted by Crippen LogP contribution is 2.49. The zero-order chi connectivity index (χ0) is 15.3. The zero-order valence-electron chi connectivity index (χ0n) is 14.7. The molecule has 2 rings (SSSR count). The van der Waals surface area contributed by atoms with E-state index >= 15 is 0 Å². The molecule has 0 heterocycles. The monoisotopic (exact) mass is 296 g/mol. The van der Waals surface area contributed by atoms with Crippen LogP contribution in [0.15, 0.2) is 0 Å². The third-order valence-corrected chi connectivity index (χ3v) is 6.16. The van der Waals surface area contributed by atoms with Crippen molar-refractivity contribution in [3.63, 3.8) is 0 Å². The van der Waals surface area contributed by atoms with Crippen molar-refractivity contribution in [1.82, 2.24) is 0 Å². The second-order valence-corrected chi connectivity index (χ2v) is 7.70. The third kappa shape index (κ3) is 4.45. The van der Waals surface area contributed by atoms with Crippen molar-refractivity contribution in [1.29, 1.82) is 0 Å². The molecule has 4 unspecified atom stereocenters. The molecule has 2 fully saturated rings. The maximum absolute atomic E-state index is 5.93. The number of hydrogen-bond donors (Lipinski definition) is 0. The Balaban J connectivity index is 1.95. The number of rotatable bonds is 6. The molecule has 0 aliphatic heterocycles. The van der Waals surface area contributed by atoms with Crippen LogP contribution >= 0.6 is 0 Å². The van der Waals surface area contributed by atoms with Gasteiger partial charge in [-0.2, -0.15) is 0 Å². The van der Waals surface area contributed by atoms with Gasteiger partial charge in [-0.3, -0.25) is 0 Å². The molecule has 2 aliphatic rings. The summed E-state index contributed by atoms with van der Waals surface area (Å²) in [7, 11) is 0. The Kier molecular flexibility index (Phi) is 6.55. The lowest BCUT2D eigenvalue weighted by atomic mass is 9.60. The van der Waals surface area contributed by atoms with Crippen LogP contribution in [0.5, 0.6) is 0 Å². The Morgan fingerprint density at radius 2 is 1.19 bits per heavy atom. The highest BCUT2D eigenvalue weighted by Gasteiger charge is 2.41. The molecule has 0 spiro atoms. The van der Waals surface area contributed by atoms with Crippen molar-refractivity contribution in [3.8, 4) is 0 Å². The lowest BCUT2D eigenvalue weighted by Gasteiger charge is -2.47. The Labute approximate surface area is 132 Å². The molecular weight excluding hydrogens is 260 g/mol. The van der Waals surface area contributed by atoms with Crippen LogP contribution in [0.2, 0.25) is 0 Å². The van der Waals surface area contributed by atoms with Crippen LogP contribution in [-0.4, -0.2) is 25.4 Å². The first-order valence-electron chi connectivity index (χ1n) is 9.31. The van der Waals surface area contributed by atoms with Crippen LogP contribution < -0.4 is 0 Å². The van der Waals surface area contributed by atoms with E-state index < -0.39 is 0 Å². The molecule has 21 heavy (non-hydrogen) atoms. The molecule has 0 aromatic heterocycles. The first kappa shape index (κ1) is 17.3. The molecule has 2 aliphatic carbocycles. The third-order valence-electron chi connectivity index (χ3n) is 6.16. The van der Waals surface area contributed by atoms with Gasteiger partial charge in [0.05, 0.1) is 12.2 Å². The molecule has 124 valence electrons. The van der Waals surface area contributed by atoms with E-state index in [1.807, 2.05) is 0 Å². The van der Waals surface area contributed by atoms with Gasteiger partial charge in [0.25, 0.3) is 0 Å². The maximum Gasteiger partial charge on any atom is 0.0577 e. The van der Waals surface area contributed by atoms with E-state index in [1.165, 1.54) is 51.4 Å². The first-order valence-corrected chi connectivity index (χ1v) is 9.31. The molecule has 0 saturated heterocycles. The SMILES string of the molecule is CCOC1CCCC(C(C)(C)C2CCCC(OCC)C2)C1. The van der Waals surface area contributed by atoms with Gasteiger partial charge in [0.15, 0.2) is 0 Å². The van der Waals surface area contributed by atoms with Gasteiger partial charge in [-0.15, -0.1) is 0 Å². The lowest BCUT2D eigenvalue weighted by Crippen LogP contribution is -2.40. The Morgan fingerprint density at radius 1 is 0.762 bits per heavy atom. The highest BCUT2D eigenvalue weighted by atomic mass is 16.5. The van der Waals surface area contributed by atoms with E-state index in [1.54, 1.807) is 0 Å². The van der Waals surface area contributed by atoms with Crippen molar-refractivity contribution >= 4 is 0 Å². The lowest BCUT2D eigenvalue weighted by molar-refractivity contribution is -0.0490. The molecule has 0 radical (unpaired) electrons. The molecule has 0 aromatic rings. The van der Waals surface area contributed by atoms with E-state index in [0.717, 1.165) is 25.0 Å². The first-order chi connectivity index (χ1) is 10.1. The topological polar surface area (TPSA) is 18.5 Å². The minimum absolute atomic E-state index is 0.436. The molecule has 2 saturated carbocycles. The summed E-state index contributed by atoms with van der Waals surface area (Å²) < 4.78 is 11.9. The standard InChI is InChI=1S/C19H36O2/c1-5-20-17-11-7-9-15(13-17)19(3,4)16-10-8-12-18(14-16)21-6-2/h15-18H,5-14H2,1-4H3.